The lowest BCUT2D eigenvalue weighted by atomic mass is 10.2. The molecule has 1 aromatic heterocycles. The van der Waals surface area contributed by atoms with E-state index in [2.05, 4.69) is 20.8 Å². The van der Waals surface area contributed by atoms with Crippen LogP contribution in [-0.4, -0.2) is 40.2 Å². The van der Waals surface area contributed by atoms with Gasteiger partial charge in [-0.3, -0.25) is 4.79 Å². The van der Waals surface area contributed by atoms with Crippen molar-refractivity contribution in [3.8, 4) is 11.5 Å². The van der Waals surface area contributed by atoms with Crippen molar-refractivity contribution in [2.75, 3.05) is 23.4 Å². The van der Waals surface area contributed by atoms with Crippen molar-refractivity contribution in [3.05, 3.63) is 30.7 Å². The average Bonchev–Trinajstić information content (AvgIpc) is 3.02. The summed E-state index contributed by atoms with van der Waals surface area (Å²) in [5.74, 6) is 2.55. The standard InChI is InChI=1S/C14H16N4O2S/c19-13(7-12-8-21-5-4-15-12)17-11-3-1-2-10(6-11)14-18-16-9-20-14/h1-3,6,9,12,15H,4-5,7-8H2,(H,17,19). The molecule has 0 saturated carbocycles. The first-order valence-corrected chi connectivity index (χ1v) is 7.94. The molecule has 0 radical (unpaired) electrons. The van der Waals surface area contributed by atoms with Crippen molar-refractivity contribution < 1.29 is 9.21 Å². The van der Waals surface area contributed by atoms with Crippen LogP contribution in [0.2, 0.25) is 0 Å². The molecule has 2 heterocycles. The van der Waals surface area contributed by atoms with Crippen LogP contribution in [0.4, 0.5) is 5.69 Å². The fourth-order valence-corrected chi connectivity index (χ4v) is 3.16. The summed E-state index contributed by atoms with van der Waals surface area (Å²) in [7, 11) is 0. The molecule has 110 valence electrons. The van der Waals surface area contributed by atoms with E-state index in [-0.39, 0.29) is 11.9 Å². The van der Waals surface area contributed by atoms with Crippen LogP contribution >= 0.6 is 11.8 Å². The minimum absolute atomic E-state index is 0.0117. The summed E-state index contributed by atoms with van der Waals surface area (Å²) in [6.07, 6.45) is 1.77. The molecule has 2 N–H and O–H groups in total. The molecular formula is C14H16N4O2S. The third-order valence-corrected chi connectivity index (χ3v) is 4.31. The van der Waals surface area contributed by atoms with Gasteiger partial charge < -0.3 is 15.1 Å². The summed E-state index contributed by atoms with van der Waals surface area (Å²) in [6.45, 7) is 0.968. The summed E-state index contributed by atoms with van der Waals surface area (Å²) in [4.78, 5) is 12.1. The Hall–Kier alpha value is -1.86. The Morgan fingerprint density at radius 2 is 2.48 bits per heavy atom. The van der Waals surface area contributed by atoms with Gasteiger partial charge in [0.2, 0.25) is 18.2 Å². The zero-order chi connectivity index (χ0) is 14.5. The Kier molecular flexibility index (Phi) is 4.52. The van der Waals surface area contributed by atoms with Gasteiger partial charge in [0.25, 0.3) is 0 Å². The maximum Gasteiger partial charge on any atom is 0.247 e. The number of rotatable bonds is 4. The van der Waals surface area contributed by atoms with Crippen LogP contribution in [0.25, 0.3) is 11.5 Å². The van der Waals surface area contributed by atoms with Gasteiger partial charge in [0, 0.05) is 41.8 Å². The fourth-order valence-electron chi connectivity index (χ4n) is 2.22. The molecule has 3 rings (SSSR count). The highest BCUT2D eigenvalue weighted by Crippen LogP contribution is 2.20. The van der Waals surface area contributed by atoms with Crippen molar-refractivity contribution in [1.29, 1.82) is 0 Å². The second-order valence-corrected chi connectivity index (χ2v) is 5.95. The first-order chi connectivity index (χ1) is 10.3. The Labute approximate surface area is 126 Å². The van der Waals surface area contributed by atoms with Gasteiger partial charge in [-0.2, -0.15) is 11.8 Å². The van der Waals surface area contributed by atoms with Crippen LogP contribution in [0, 0.1) is 0 Å². The van der Waals surface area contributed by atoms with Gasteiger partial charge in [-0.1, -0.05) is 6.07 Å². The van der Waals surface area contributed by atoms with E-state index in [4.69, 9.17) is 4.42 Å². The fraction of sp³-hybridized carbons (Fsp3) is 0.357. The van der Waals surface area contributed by atoms with Gasteiger partial charge in [0.15, 0.2) is 0 Å². The number of aromatic nitrogens is 2. The molecular weight excluding hydrogens is 288 g/mol. The lowest BCUT2D eigenvalue weighted by Gasteiger charge is -2.22. The van der Waals surface area contributed by atoms with E-state index < -0.39 is 0 Å². The van der Waals surface area contributed by atoms with E-state index in [1.165, 1.54) is 6.39 Å². The number of anilines is 1. The summed E-state index contributed by atoms with van der Waals surface area (Å²) >= 11 is 1.88. The summed E-state index contributed by atoms with van der Waals surface area (Å²) in [5, 5.41) is 13.8. The Morgan fingerprint density at radius 1 is 1.52 bits per heavy atom. The minimum atomic E-state index is 0.0117. The van der Waals surface area contributed by atoms with E-state index in [0.717, 1.165) is 29.3 Å². The second-order valence-electron chi connectivity index (χ2n) is 4.80. The number of carbonyl (C=O) groups is 1. The maximum absolute atomic E-state index is 12.1. The molecule has 1 atom stereocenters. The molecule has 21 heavy (non-hydrogen) atoms. The van der Waals surface area contributed by atoms with Gasteiger partial charge in [-0.05, 0) is 18.2 Å². The molecule has 0 aliphatic carbocycles. The summed E-state index contributed by atoms with van der Waals surface area (Å²) in [6, 6.07) is 7.64. The maximum atomic E-state index is 12.1. The van der Waals surface area contributed by atoms with Gasteiger partial charge in [0.1, 0.15) is 0 Å². The van der Waals surface area contributed by atoms with Gasteiger partial charge in [-0.15, -0.1) is 10.2 Å². The van der Waals surface area contributed by atoms with Crippen LogP contribution < -0.4 is 10.6 Å². The van der Waals surface area contributed by atoms with E-state index in [1.54, 1.807) is 0 Å². The largest absolute Gasteiger partial charge is 0.423 e. The van der Waals surface area contributed by atoms with Crippen LogP contribution in [0.5, 0.6) is 0 Å². The predicted octanol–water partition coefficient (Wildman–Crippen LogP) is 1.77. The van der Waals surface area contributed by atoms with E-state index >= 15 is 0 Å². The van der Waals surface area contributed by atoms with Crippen molar-refractivity contribution in [3.63, 3.8) is 0 Å². The number of hydrogen-bond acceptors (Lipinski definition) is 6. The normalized spacial score (nSPS) is 18.4. The van der Waals surface area contributed by atoms with Crippen LogP contribution in [0.3, 0.4) is 0 Å². The Bertz CT molecular complexity index is 597. The quantitative estimate of drug-likeness (QED) is 0.896. The monoisotopic (exact) mass is 304 g/mol. The van der Waals surface area contributed by atoms with E-state index in [9.17, 15) is 4.79 Å². The van der Waals surface area contributed by atoms with Gasteiger partial charge >= 0.3 is 0 Å². The molecule has 1 aliphatic heterocycles. The van der Waals surface area contributed by atoms with E-state index in [0.29, 0.717) is 12.3 Å². The number of nitrogens with zero attached hydrogens (tertiary/aromatic N) is 2. The highest BCUT2D eigenvalue weighted by molar-refractivity contribution is 7.99. The average molecular weight is 304 g/mol. The minimum Gasteiger partial charge on any atom is -0.423 e. The van der Waals surface area contributed by atoms with Crippen LogP contribution in [-0.2, 0) is 4.79 Å². The molecule has 6 nitrogen and oxygen atoms in total. The highest BCUT2D eigenvalue weighted by Gasteiger charge is 2.16. The topological polar surface area (TPSA) is 80.0 Å². The number of carbonyl (C=O) groups excluding carboxylic acids is 1. The van der Waals surface area contributed by atoms with Crippen LogP contribution in [0.1, 0.15) is 6.42 Å². The molecule has 1 aliphatic rings. The zero-order valence-corrected chi connectivity index (χ0v) is 12.2. The molecule has 1 fully saturated rings. The van der Waals surface area contributed by atoms with Gasteiger partial charge in [0.05, 0.1) is 0 Å². The number of nitrogens with one attached hydrogen (secondary N) is 2. The van der Waals surface area contributed by atoms with Crippen molar-refractivity contribution >= 4 is 23.4 Å². The number of benzene rings is 1. The lowest BCUT2D eigenvalue weighted by Crippen LogP contribution is -2.39. The number of hydrogen-bond donors (Lipinski definition) is 2. The molecule has 0 spiro atoms. The first kappa shape index (κ1) is 14.1. The number of thioether (sulfide) groups is 1. The van der Waals surface area contributed by atoms with Crippen LogP contribution in [0.15, 0.2) is 35.1 Å². The second kappa shape index (κ2) is 6.73. The molecule has 1 amide bonds. The third kappa shape index (κ3) is 3.83. The molecule has 1 saturated heterocycles. The summed E-state index contributed by atoms with van der Waals surface area (Å²) < 4.78 is 5.15. The van der Waals surface area contributed by atoms with Crippen molar-refractivity contribution in [2.45, 2.75) is 12.5 Å². The zero-order valence-electron chi connectivity index (χ0n) is 11.4. The molecule has 0 bridgehead atoms. The number of amides is 1. The highest BCUT2D eigenvalue weighted by atomic mass is 32.2. The SMILES string of the molecule is O=C(CC1CSCCN1)Nc1cccc(-c2nnco2)c1. The van der Waals surface area contributed by atoms with Crippen molar-refractivity contribution in [1.82, 2.24) is 15.5 Å². The van der Waals surface area contributed by atoms with E-state index in [1.807, 2.05) is 36.0 Å². The van der Waals surface area contributed by atoms with Gasteiger partial charge in [-0.25, -0.2) is 0 Å². The molecule has 7 heteroatoms. The Balaban J connectivity index is 1.62. The third-order valence-electron chi connectivity index (χ3n) is 3.18. The Morgan fingerprint density at radius 3 is 3.24 bits per heavy atom. The smallest absolute Gasteiger partial charge is 0.247 e. The van der Waals surface area contributed by atoms with Crippen molar-refractivity contribution in [2.24, 2.45) is 0 Å². The molecule has 2 aromatic rings. The molecule has 1 aromatic carbocycles. The predicted molar refractivity (Wildman–Crippen MR) is 82.1 cm³/mol. The molecule has 1 unspecified atom stereocenters. The lowest BCUT2D eigenvalue weighted by molar-refractivity contribution is -0.116. The summed E-state index contributed by atoms with van der Waals surface area (Å²) in [5.41, 5.74) is 1.52. The first-order valence-electron chi connectivity index (χ1n) is 6.79.